The second kappa shape index (κ2) is 12.0. The number of carbonyl (C=O) groups is 3. The maximum absolute atomic E-state index is 13.2. The van der Waals surface area contributed by atoms with Crippen molar-refractivity contribution in [3.8, 4) is 0 Å². The molecule has 0 spiro atoms. The largest absolute Gasteiger partial charge is 0.445 e. The predicted molar refractivity (Wildman–Crippen MR) is 127 cm³/mol. The minimum atomic E-state index is -1.56. The first-order valence-corrected chi connectivity index (χ1v) is 11.6. The van der Waals surface area contributed by atoms with Gasteiger partial charge in [0.1, 0.15) is 11.0 Å². The fourth-order valence-electron chi connectivity index (χ4n) is 3.20. The number of aromatic nitrogens is 2. The van der Waals surface area contributed by atoms with Crippen LogP contribution in [0.3, 0.4) is 0 Å². The Labute approximate surface area is 201 Å². The van der Waals surface area contributed by atoms with Crippen molar-refractivity contribution < 1.29 is 24.2 Å². The fourth-order valence-corrected chi connectivity index (χ4v) is 3.79. The molecule has 0 radical (unpaired) electrons. The zero-order valence-corrected chi connectivity index (χ0v) is 19.6. The fraction of sp³-hybridized carbons (Fsp3) is 0.292. The lowest BCUT2D eigenvalue weighted by Crippen LogP contribution is -2.46. The molecule has 3 rings (SSSR count). The summed E-state index contributed by atoms with van der Waals surface area (Å²) in [5, 5.41) is 24.5. The Hall–Kier alpha value is -3.63. The number of aliphatic hydroxyl groups is 1. The lowest BCUT2D eigenvalue weighted by atomic mass is 10.1. The van der Waals surface area contributed by atoms with E-state index in [2.05, 4.69) is 20.8 Å². The number of aliphatic hydroxyl groups excluding tert-OH is 1. The lowest BCUT2D eigenvalue weighted by molar-refractivity contribution is -0.165. The monoisotopic (exact) mass is 482 g/mol. The Kier molecular flexibility index (Phi) is 8.83. The number of benzene rings is 2. The molecule has 3 unspecified atom stereocenters. The third kappa shape index (κ3) is 6.69. The van der Waals surface area contributed by atoms with Gasteiger partial charge in [0.25, 0.3) is 5.91 Å². The van der Waals surface area contributed by atoms with E-state index in [9.17, 15) is 19.5 Å². The van der Waals surface area contributed by atoms with E-state index < -0.39 is 36.0 Å². The van der Waals surface area contributed by atoms with Crippen LogP contribution in [0.4, 0.5) is 5.13 Å². The number of ether oxygens (including phenoxy) is 1. The van der Waals surface area contributed by atoms with Crippen LogP contribution in [0.2, 0.25) is 0 Å². The first-order valence-electron chi connectivity index (χ1n) is 10.8. The number of carbonyl (C=O) groups excluding carboxylic acids is 3. The van der Waals surface area contributed by atoms with Gasteiger partial charge in [-0.2, -0.15) is 0 Å². The topological polar surface area (TPSA) is 131 Å². The Morgan fingerprint density at radius 2 is 1.59 bits per heavy atom. The molecular formula is C24H26N4O5S. The van der Waals surface area contributed by atoms with Crippen molar-refractivity contribution in [2.45, 2.75) is 44.9 Å². The first kappa shape index (κ1) is 25.0. The minimum absolute atomic E-state index is 0.329. The van der Waals surface area contributed by atoms with Crippen molar-refractivity contribution in [3.63, 3.8) is 0 Å². The van der Waals surface area contributed by atoms with Gasteiger partial charge in [0.05, 0.1) is 0 Å². The Bertz CT molecular complexity index is 1110. The van der Waals surface area contributed by atoms with Gasteiger partial charge in [-0.3, -0.25) is 14.9 Å². The molecule has 3 atom stereocenters. The standard InChI is InChI=1S/C24H26N4O5S/c1-3-10-18(21(30)26-24-28-27-15(2)34-24)25-22(31)20(17-13-8-5-9-14-17)33-23(32)19(29)16-11-6-4-7-12-16/h4-9,11-14,18-20,29H,3,10H2,1-2H3,(H,25,31)(H,26,28,30). The van der Waals surface area contributed by atoms with Crippen LogP contribution in [0.1, 0.15) is 48.1 Å². The highest BCUT2D eigenvalue weighted by molar-refractivity contribution is 7.15. The van der Waals surface area contributed by atoms with Crippen LogP contribution in [0, 0.1) is 6.92 Å². The Morgan fingerprint density at radius 1 is 0.971 bits per heavy atom. The molecule has 3 aromatic rings. The summed E-state index contributed by atoms with van der Waals surface area (Å²) in [5.74, 6) is -2.10. The van der Waals surface area contributed by atoms with Crippen molar-refractivity contribution in [1.82, 2.24) is 15.5 Å². The van der Waals surface area contributed by atoms with Crippen LogP contribution in [0.15, 0.2) is 60.7 Å². The number of aryl methyl sites for hydroxylation is 1. The van der Waals surface area contributed by atoms with Crippen LogP contribution >= 0.6 is 11.3 Å². The molecule has 0 saturated carbocycles. The van der Waals surface area contributed by atoms with E-state index in [0.717, 1.165) is 0 Å². The van der Waals surface area contributed by atoms with E-state index in [1.54, 1.807) is 67.6 Å². The van der Waals surface area contributed by atoms with E-state index in [4.69, 9.17) is 4.74 Å². The van der Waals surface area contributed by atoms with Crippen molar-refractivity contribution in [2.75, 3.05) is 5.32 Å². The highest BCUT2D eigenvalue weighted by Crippen LogP contribution is 2.23. The van der Waals surface area contributed by atoms with Gasteiger partial charge in [0.15, 0.2) is 6.10 Å². The molecule has 3 N–H and O–H groups in total. The number of nitrogens with zero attached hydrogens (tertiary/aromatic N) is 2. The number of hydrogen-bond acceptors (Lipinski definition) is 8. The van der Waals surface area contributed by atoms with Gasteiger partial charge in [0, 0.05) is 5.56 Å². The van der Waals surface area contributed by atoms with Crippen molar-refractivity contribution >= 4 is 34.3 Å². The van der Waals surface area contributed by atoms with Crippen LogP contribution in [-0.4, -0.2) is 39.1 Å². The number of hydrogen-bond donors (Lipinski definition) is 3. The molecule has 1 heterocycles. The van der Waals surface area contributed by atoms with Gasteiger partial charge in [-0.05, 0) is 18.9 Å². The van der Waals surface area contributed by atoms with Gasteiger partial charge >= 0.3 is 5.97 Å². The van der Waals surface area contributed by atoms with Crippen molar-refractivity contribution in [3.05, 3.63) is 76.8 Å². The summed E-state index contributed by atoms with van der Waals surface area (Å²) >= 11 is 1.22. The van der Waals surface area contributed by atoms with E-state index in [1.165, 1.54) is 11.3 Å². The minimum Gasteiger partial charge on any atom is -0.445 e. The average molecular weight is 483 g/mol. The summed E-state index contributed by atoms with van der Waals surface area (Å²) in [6, 6.07) is 15.8. The van der Waals surface area contributed by atoms with Crippen LogP contribution < -0.4 is 10.6 Å². The van der Waals surface area contributed by atoms with E-state index in [1.807, 2.05) is 6.92 Å². The number of amides is 2. The first-order chi connectivity index (χ1) is 16.4. The zero-order chi connectivity index (χ0) is 24.5. The van der Waals surface area contributed by atoms with E-state index in [0.29, 0.717) is 34.1 Å². The van der Waals surface area contributed by atoms with Gasteiger partial charge in [0.2, 0.25) is 17.1 Å². The molecule has 0 aliphatic heterocycles. The summed E-state index contributed by atoms with van der Waals surface area (Å²) in [4.78, 5) is 38.7. The molecule has 9 nitrogen and oxygen atoms in total. The maximum atomic E-state index is 13.2. The molecule has 2 amide bonds. The number of nitrogens with one attached hydrogen (secondary N) is 2. The van der Waals surface area contributed by atoms with Crippen molar-refractivity contribution in [2.24, 2.45) is 0 Å². The molecule has 0 bridgehead atoms. The normalized spacial score (nSPS) is 13.4. The van der Waals surface area contributed by atoms with E-state index >= 15 is 0 Å². The molecule has 10 heteroatoms. The molecule has 178 valence electrons. The number of anilines is 1. The van der Waals surface area contributed by atoms with Gasteiger partial charge in [-0.25, -0.2) is 4.79 Å². The molecule has 0 saturated heterocycles. The molecule has 0 aliphatic carbocycles. The van der Waals surface area contributed by atoms with Gasteiger partial charge < -0.3 is 15.2 Å². The Morgan fingerprint density at radius 3 is 2.15 bits per heavy atom. The molecule has 0 fully saturated rings. The summed E-state index contributed by atoms with van der Waals surface area (Å²) in [6.07, 6.45) is -1.94. The summed E-state index contributed by atoms with van der Waals surface area (Å²) in [7, 11) is 0. The van der Waals surface area contributed by atoms with Gasteiger partial charge in [-0.1, -0.05) is 85.3 Å². The number of esters is 1. The molecule has 0 aliphatic rings. The second-order valence-corrected chi connectivity index (χ2v) is 8.69. The smallest absolute Gasteiger partial charge is 0.340 e. The second-order valence-electron chi connectivity index (χ2n) is 7.51. The van der Waals surface area contributed by atoms with Crippen LogP contribution in [0.25, 0.3) is 0 Å². The van der Waals surface area contributed by atoms with Crippen molar-refractivity contribution in [1.29, 1.82) is 0 Å². The Balaban J connectivity index is 1.77. The predicted octanol–water partition coefficient (Wildman–Crippen LogP) is 3.09. The maximum Gasteiger partial charge on any atom is 0.340 e. The highest BCUT2D eigenvalue weighted by atomic mass is 32.1. The van der Waals surface area contributed by atoms with E-state index in [-0.39, 0.29) is 0 Å². The van der Waals surface area contributed by atoms with Gasteiger partial charge in [-0.15, -0.1) is 10.2 Å². The lowest BCUT2D eigenvalue weighted by Gasteiger charge is -2.23. The molecule has 2 aromatic carbocycles. The van der Waals surface area contributed by atoms with Crippen LogP contribution in [0.5, 0.6) is 0 Å². The average Bonchev–Trinajstić information content (AvgIpc) is 3.26. The molecule has 34 heavy (non-hydrogen) atoms. The highest BCUT2D eigenvalue weighted by Gasteiger charge is 2.31. The number of rotatable bonds is 10. The third-order valence-electron chi connectivity index (χ3n) is 4.88. The summed E-state index contributed by atoms with van der Waals surface area (Å²) < 4.78 is 5.44. The third-order valence-corrected chi connectivity index (χ3v) is 5.63. The SMILES string of the molecule is CCCC(NC(=O)C(OC(=O)C(O)c1ccccc1)c1ccccc1)C(=O)Nc1nnc(C)s1. The molecule has 1 aromatic heterocycles. The summed E-state index contributed by atoms with van der Waals surface area (Å²) in [6.45, 7) is 3.65. The van der Waals surface area contributed by atoms with Crippen LogP contribution in [-0.2, 0) is 19.1 Å². The molecular weight excluding hydrogens is 456 g/mol. The zero-order valence-electron chi connectivity index (χ0n) is 18.8. The summed E-state index contributed by atoms with van der Waals surface area (Å²) in [5.41, 5.74) is 0.749. The quantitative estimate of drug-likeness (QED) is 0.379.